The van der Waals surface area contributed by atoms with Gasteiger partial charge in [0.15, 0.2) is 0 Å². The Morgan fingerprint density at radius 2 is 2.25 bits per heavy atom. The van der Waals surface area contributed by atoms with E-state index in [-0.39, 0.29) is 6.10 Å². The Morgan fingerprint density at radius 1 is 1.40 bits per heavy atom. The summed E-state index contributed by atoms with van der Waals surface area (Å²) in [7, 11) is 2.03. The van der Waals surface area contributed by atoms with Gasteiger partial charge in [-0.15, -0.1) is 11.3 Å². The Bertz CT molecular complexity index is 592. The first-order valence-corrected chi connectivity index (χ1v) is 7.74. The number of ether oxygens (including phenoxy) is 1. The second-order valence-electron chi connectivity index (χ2n) is 5.30. The fourth-order valence-electron chi connectivity index (χ4n) is 2.65. The van der Waals surface area contributed by atoms with Gasteiger partial charge in [0.2, 0.25) is 0 Å². The molecule has 1 aliphatic rings. The molecule has 0 amide bonds. The Balaban J connectivity index is 1.68. The van der Waals surface area contributed by atoms with Crippen molar-refractivity contribution in [2.75, 3.05) is 19.7 Å². The first-order valence-electron chi connectivity index (χ1n) is 6.86. The molecule has 1 atom stereocenters. The molecule has 20 heavy (non-hydrogen) atoms. The minimum absolute atomic E-state index is 0.0576. The molecule has 0 saturated carbocycles. The van der Waals surface area contributed by atoms with Crippen LogP contribution in [0.5, 0.6) is 0 Å². The standard InChI is InChI=1S/C14H20N4OS/c1-10-6-17(3)14(15-10)13-8-18(4-5-19-13)7-12-9-20-11(2)16-12/h6,9,13H,4-5,7-8H2,1-3H3. The lowest BCUT2D eigenvalue weighted by Crippen LogP contribution is -2.38. The molecule has 3 heterocycles. The Morgan fingerprint density at radius 3 is 2.90 bits per heavy atom. The van der Waals surface area contributed by atoms with Crippen molar-refractivity contribution in [1.82, 2.24) is 19.4 Å². The van der Waals surface area contributed by atoms with Crippen molar-refractivity contribution in [3.63, 3.8) is 0 Å². The van der Waals surface area contributed by atoms with Crippen LogP contribution in [0, 0.1) is 13.8 Å². The van der Waals surface area contributed by atoms with Gasteiger partial charge >= 0.3 is 0 Å². The Kier molecular flexibility index (Phi) is 3.87. The van der Waals surface area contributed by atoms with Gasteiger partial charge in [0.25, 0.3) is 0 Å². The third kappa shape index (κ3) is 2.92. The average Bonchev–Trinajstić information content (AvgIpc) is 2.96. The zero-order chi connectivity index (χ0) is 14.1. The number of morpholine rings is 1. The smallest absolute Gasteiger partial charge is 0.139 e. The van der Waals surface area contributed by atoms with Crippen LogP contribution in [0.3, 0.4) is 0 Å². The van der Waals surface area contributed by atoms with Crippen molar-refractivity contribution >= 4 is 11.3 Å². The maximum atomic E-state index is 5.89. The minimum Gasteiger partial charge on any atom is -0.368 e. The van der Waals surface area contributed by atoms with Crippen molar-refractivity contribution in [2.24, 2.45) is 7.05 Å². The molecule has 5 nitrogen and oxygen atoms in total. The normalized spacial score (nSPS) is 20.4. The fraction of sp³-hybridized carbons (Fsp3) is 0.571. The van der Waals surface area contributed by atoms with Crippen LogP contribution >= 0.6 is 11.3 Å². The summed E-state index contributed by atoms with van der Waals surface area (Å²) in [5.41, 5.74) is 2.20. The number of aromatic nitrogens is 3. The highest BCUT2D eigenvalue weighted by molar-refractivity contribution is 7.09. The molecule has 2 aromatic heterocycles. The predicted octanol–water partition coefficient (Wildman–Crippen LogP) is 2.07. The van der Waals surface area contributed by atoms with Crippen molar-refractivity contribution in [1.29, 1.82) is 0 Å². The summed E-state index contributed by atoms with van der Waals surface area (Å²) in [5.74, 6) is 1.02. The van der Waals surface area contributed by atoms with Crippen LogP contribution in [-0.4, -0.2) is 39.1 Å². The summed E-state index contributed by atoms with van der Waals surface area (Å²) in [5, 5.41) is 3.27. The number of rotatable bonds is 3. The van der Waals surface area contributed by atoms with E-state index >= 15 is 0 Å². The van der Waals surface area contributed by atoms with Gasteiger partial charge in [-0.2, -0.15) is 0 Å². The quantitative estimate of drug-likeness (QED) is 0.868. The van der Waals surface area contributed by atoms with Crippen molar-refractivity contribution in [2.45, 2.75) is 26.5 Å². The first-order chi connectivity index (χ1) is 9.61. The van der Waals surface area contributed by atoms with Gasteiger partial charge in [-0.05, 0) is 13.8 Å². The van der Waals surface area contributed by atoms with E-state index in [1.807, 2.05) is 27.1 Å². The van der Waals surface area contributed by atoms with E-state index in [1.54, 1.807) is 11.3 Å². The number of imidazole rings is 1. The maximum absolute atomic E-state index is 5.89. The Labute approximate surface area is 123 Å². The fourth-order valence-corrected chi connectivity index (χ4v) is 3.25. The van der Waals surface area contributed by atoms with Crippen LogP contribution in [0.15, 0.2) is 11.6 Å². The van der Waals surface area contributed by atoms with Gasteiger partial charge in [0, 0.05) is 38.3 Å². The van der Waals surface area contributed by atoms with Crippen LogP contribution in [0.4, 0.5) is 0 Å². The van der Waals surface area contributed by atoms with Crippen molar-refractivity contribution < 1.29 is 4.74 Å². The molecule has 6 heteroatoms. The van der Waals surface area contributed by atoms with Crippen LogP contribution in [-0.2, 0) is 18.3 Å². The molecule has 0 aromatic carbocycles. The van der Waals surface area contributed by atoms with E-state index in [2.05, 4.69) is 24.8 Å². The molecule has 108 valence electrons. The number of aryl methyl sites for hydroxylation is 3. The van der Waals surface area contributed by atoms with Crippen molar-refractivity contribution in [3.05, 3.63) is 33.8 Å². The van der Waals surface area contributed by atoms with Crippen LogP contribution in [0.25, 0.3) is 0 Å². The highest BCUT2D eigenvalue weighted by Crippen LogP contribution is 2.22. The second-order valence-corrected chi connectivity index (χ2v) is 6.37. The van der Waals surface area contributed by atoms with E-state index in [0.29, 0.717) is 0 Å². The van der Waals surface area contributed by atoms with Gasteiger partial charge in [-0.3, -0.25) is 4.90 Å². The molecule has 0 spiro atoms. The van der Waals surface area contributed by atoms with Gasteiger partial charge in [-0.25, -0.2) is 9.97 Å². The zero-order valence-corrected chi connectivity index (χ0v) is 13.0. The van der Waals surface area contributed by atoms with Gasteiger partial charge in [0.05, 0.1) is 23.0 Å². The monoisotopic (exact) mass is 292 g/mol. The molecule has 0 bridgehead atoms. The zero-order valence-electron chi connectivity index (χ0n) is 12.2. The topological polar surface area (TPSA) is 43.2 Å². The first kappa shape index (κ1) is 13.7. The SMILES string of the molecule is Cc1cn(C)c(C2CN(Cc3csc(C)n3)CCO2)n1. The third-order valence-electron chi connectivity index (χ3n) is 3.52. The molecule has 0 radical (unpaired) electrons. The molecule has 1 aliphatic heterocycles. The van der Waals surface area contributed by atoms with E-state index in [0.717, 1.165) is 48.5 Å². The highest BCUT2D eigenvalue weighted by Gasteiger charge is 2.25. The summed E-state index contributed by atoms with van der Waals surface area (Å²) in [4.78, 5) is 11.5. The van der Waals surface area contributed by atoms with E-state index in [4.69, 9.17) is 4.74 Å². The number of hydrogen-bond acceptors (Lipinski definition) is 5. The van der Waals surface area contributed by atoms with E-state index in [9.17, 15) is 0 Å². The molecule has 1 fully saturated rings. The summed E-state index contributed by atoms with van der Waals surface area (Å²) in [6.45, 7) is 7.54. The lowest BCUT2D eigenvalue weighted by atomic mass is 10.2. The lowest BCUT2D eigenvalue weighted by molar-refractivity contribution is -0.0387. The summed E-state index contributed by atoms with van der Waals surface area (Å²) in [6, 6.07) is 0. The predicted molar refractivity (Wildman–Crippen MR) is 78.8 cm³/mol. The molecule has 0 N–H and O–H groups in total. The molecule has 1 unspecified atom stereocenters. The van der Waals surface area contributed by atoms with E-state index in [1.165, 1.54) is 0 Å². The summed E-state index contributed by atoms with van der Waals surface area (Å²) >= 11 is 1.71. The second kappa shape index (κ2) is 5.63. The molecular weight excluding hydrogens is 272 g/mol. The van der Waals surface area contributed by atoms with Crippen LogP contribution < -0.4 is 0 Å². The van der Waals surface area contributed by atoms with Crippen molar-refractivity contribution in [3.8, 4) is 0 Å². The summed E-state index contributed by atoms with van der Waals surface area (Å²) < 4.78 is 7.95. The average molecular weight is 292 g/mol. The number of nitrogens with zero attached hydrogens (tertiary/aromatic N) is 4. The van der Waals surface area contributed by atoms with Crippen LogP contribution in [0.2, 0.25) is 0 Å². The lowest BCUT2D eigenvalue weighted by Gasteiger charge is -2.32. The number of hydrogen-bond donors (Lipinski definition) is 0. The van der Waals surface area contributed by atoms with Gasteiger partial charge in [-0.1, -0.05) is 0 Å². The third-order valence-corrected chi connectivity index (χ3v) is 4.35. The molecule has 3 rings (SSSR count). The van der Waals surface area contributed by atoms with E-state index < -0.39 is 0 Å². The molecular formula is C14H20N4OS. The molecule has 1 saturated heterocycles. The molecule has 0 aliphatic carbocycles. The highest BCUT2D eigenvalue weighted by atomic mass is 32.1. The summed E-state index contributed by atoms with van der Waals surface area (Å²) in [6.07, 6.45) is 2.10. The minimum atomic E-state index is 0.0576. The number of thiazole rings is 1. The Hall–Kier alpha value is -1.24. The molecule has 2 aromatic rings. The van der Waals surface area contributed by atoms with Gasteiger partial charge < -0.3 is 9.30 Å². The van der Waals surface area contributed by atoms with Crippen LogP contribution in [0.1, 0.15) is 28.3 Å². The largest absolute Gasteiger partial charge is 0.368 e. The van der Waals surface area contributed by atoms with Gasteiger partial charge in [0.1, 0.15) is 11.9 Å². The maximum Gasteiger partial charge on any atom is 0.139 e.